The number of aliphatic hydroxyl groups is 2. The van der Waals surface area contributed by atoms with E-state index in [9.17, 15) is 19.7 Å². The summed E-state index contributed by atoms with van der Waals surface area (Å²) in [5, 5.41) is 30.2. The zero-order valence-electron chi connectivity index (χ0n) is 9.12. The van der Waals surface area contributed by atoms with Gasteiger partial charge in [0.05, 0.1) is 30.4 Å². The molecule has 0 atom stereocenters. The Hall–Kier alpha value is -2.26. The van der Waals surface area contributed by atoms with Crippen LogP contribution in [0.15, 0.2) is 17.1 Å². The molecule has 1 amide bonds. The third-order valence-corrected chi connectivity index (χ3v) is 2.12. The van der Waals surface area contributed by atoms with Crippen LogP contribution < -0.4 is 10.9 Å². The van der Waals surface area contributed by atoms with E-state index in [-0.39, 0.29) is 0 Å². The summed E-state index contributed by atoms with van der Waals surface area (Å²) >= 11 is 0. The van der Waals surface area contributed by atoms with Gasteiger partial charge in [0.15, 0.2) is 0 Å². The molecule has 0 radical (unpaired) electrons. The van der Waals surface area contributed by atoms with Crippen LogP contribution in [0.2, 0.25) is 0 Å². The largest absolute Gasteiger partial charge is 0.394 e. The summed E-state index contributed by atoms with van der Waals surface area (Å²) in [7, 11) is 0. The van der Waals surface area contributed by atoms with Crippen molar-refractivity contribution < 1.29 is 19.9 Å². The van der Waals surface area contributed by atoms with Crippen LogP contribution in [-0.4, -0.2) is 45.3 Å². The van der Waals surface area contributed by atoms with Crippen molar-refractivity contribution in [1.29, 1.82) is 0 Å². The Morgan fingerprint density at radius 2 is 2.11 bits per heavy atom. The Bertz CT molecular complexity index is 507. The number of nitrogens with zero attached hydrogens (tertiary/aromatic N) is 1. The topological polar surface area (TPSA) is 146 Å². The minimum Gasteiger partial charge on any atom is -0.394 e. The number of hydrogen-bond donors (Lipinski definition) is 4. The molecule has 0 bridgehead atoms. The van der Waals surface area contributed by atoms with Crippen LogP contribution >= 0.6 is 0 Å². The highest BCUT2D eigenvalue weighted by Gasteiger charge is 2.18. The molecular formula is C9H11N3O6. The third-order valence-electron chi connectivity index (χ3n) is 2.12. The minimum atomic E-state index is -0.934. The van der Waals surface area contributed by atoms with E-state index in [4.69, 9.17) is 10.2 Å². The van der Waals surface area contributed by atoms with Gasteiger partial charge in [-0.3, -0.25) is 19.7 Å². The second-order valence-corrected chi connectivity index (χ2v) is 3.39. The fourth-order valence-electron chi connectivity index (χ4n) is 1.16. The van der Waals surface area contributed by atoms with Gasteiger partial charge in [-0.25, -0.2) is 0 Å². The minimum absolute atomic E-state index is 0.440. The average Bonchev–Trinajstić information content (AvgIpc) is 2.35. The second kappa shape index (κ2) is 5.89. The van der Waals surface area contributed by atoms with Gasteiger partial charge in [-0.15, -0.1) is 0 Å². The molecule has 18 heavy (non-hydrogen) atoms. The van der Waals surface area contributed by atoms with Crippen molar-refractivity contribution in [3.05, 3.63) is 38.3 Å². The molecule has 0 unspecified atom stereocenters. The van der Waals surface area contributed by atoms with E-state index < -0.39 is 46.9 Å². The van der Waals surface area contributed by atoms with Gasteiger partial charge in [-0.2, -0.15) is 0 Å². The highest BCUT2D eigenvalue weighted by atomic mass is 16.6. The number of carbonyl (C=O) groups is 1. The molecule has 1 heterocycles. The second-order valence-electron chi connectivity index (χ2n) is 3.39. The fraction of sp³-hybridized carbons (Fsp3) is 0.333. The Balaban J connectivity index is 3.01. The first-order valence-corrected chi connectivity index (χ1v) is 4.89. The quantitative estimate of drug-likeness (QED) is 0.368. The fourth-order valence-corrected chi connectivity index (χ4v) is 1.16. The summed E-state index contributed by atoms with van der Waals surface area (Å²) in [6.07, 6.45) is 0.870. The lowest BCUT2D eigenvalue weighted by Crippen LogP contribution is -2.41. The Morgan fingerprint density at radius 1 is 1.50 bits per heavy atom. The summed E-state index contributed by atoms with van der Waals surface area (Å²) in [5.41, 5.74) is -1.70. The summed E-state index contributed by atoms with van der Waals surface area (Å²) in [6.45, 7) is -1.04. The molecule has 0 aliphatic rings. The first kappa shape index (κ1) is 13.8. The zero-order chi connectivity index (χ0) is 13.7. The molecule has 0 saturated carbocycles. The number of pyridine rings is 1. The molecule has 0 fully saturated rings. The first-order valence-electron chi connectivity index (χ1n) is 4.89. The number of aromatic amines is 1. The molecule has 0 saturated heterocycles. The lowest BCUT2D eigenvalue weighted by Gasteiger charge is -2.12. The van der Waals surface area contributed by atoms with Crippen molar-refractivity contribution in [2.75, 3.05) is 13.2 Å². The summed E-state index contributed by atoms with van der Waals surface area (Å²) < 4.78 is 0. The van der Waals surface area contributed by atoms with Gasteiger partial charge in [-0.05, 0) is 0 Å². The summed E-state index contributed by atoms with van der Waals surface area (Å²) in [5.74, 6) is -0.909. The maximum atomic E-state index is 11.6. The summed E-state index contributed by atoms with van der Waals surface area (Å²) in [4.78, 5) is 34.7. The van der Waals surface area contributed by atoms with Gasteiger partial charge in [0.25, 0.3) is 17.2 Å². The summed E-state index contributed by atoms with van der Waals surface area (Å²) in [6, 6.07) is -0.115. The molecular weight excluding hydrogens is 246 g/mol. The van der Waals surface area contributed by atoms with E-state index in [0.717, 1.165) is 12.3 Å². The molecule has 9 nitrogen and oxygen atoms in total. The maximum absolute atomic E-state index is 11.6. The number of hydrogen-bond acceptors (Lipinski definition) is 6. The van der Waals surface area contributed by atoms with Crippen LogP contribution in [0.25, 0.3) is 0 Å². The van der Waals surface area contributed by atoms with E-state index in [0.29, 0.717) is 0 Å². The number of nitro groups is 1. The highest BCUT2D eigenvalue weighted by Crippen LogP contribution is 2.08. The van der Waals surface area contributed by atoms with Gasteiger partial charge in [0, 0.05) is 6.07 Å². The molecule has 9 heteroatoms. The average molecular weight is 257 g/mol. The number of H-pyrrole nitrogens is 1. The van der Waals surface area contributed by atoms with E-state index >= 15 is 0 Å². The Morgan fingerprint density at radius 3 is 2.61 bits per heavy atom. The van der Waals surface area contributed by atoms with E-state index in [1.807, 2.05) is 0 Å². The molecule has 0 aliphatic carbocycles. The molecule has 0 aromatic carbocycles. The SMILES string of the molecule is O=C(NC(CO)CO)c1cc([N+](=O)[O-])c[nH]c1=O. The van der Waals surface area contributed by atoms with Crippen molar-refractivity contribution in [2.45, 2.75) is 6.04 Å². The van der Waals surface area contributed by atoms with Crippen molar-refractivity contribution in [3.63, 3.8) is 0 Å². The van der Waals surface area contributed by atoms with Gasteiger partial charge >= 0.3 is 0 Å². The predicted octanol–water partition coefficient (Wildman–Crippen LogP) is -1.63. The highest BCUT2D eigenvalue weighted by molar-refractivity contribution is 5.94. The van der Waals surface area contributed by atoms with E-state index in [1.54, 1.807) is 0 Å². The van der Waals surface area contributed by atoms with Crippen molar-refractivity contribution in [1.82, 2.24) is 10.3 Å². The number of aromatic nitrogens is 1. The van der Waals surface area contributed by atoms with Crippen LogP contribution in [0.1, 0.15) is 10.4 Å². The van der Waals surface area contributed by atoms with Crippen molar-refractivity contribution >= 4 is 11.6 Å². The van der Waals surface area contributed by atoms with Gasteiger partial charge in [0.1, 0.15) is 5.56 Å². The standard InChI is InChI=1S/C9H11N3O6/c13-3-5(4-14)11-9(16)7-1-6(12(17)18)2-10-8(7)15/h1-2,5,13-14H,3-4H2,(H,10,15)(H,11,16). The monoisotopic (exact) mass is 257 g/mol. The smallest absolute Gasteiger partial charge is 0.286 e. The van der Waals surface area contributed by atoms with Gasteiger partial charge in [0.2, 0.25) is 0 Å². The molecule has 98 valence electrons. The van der Waals surface area contributed by atoms with Gasteiger partial charge in [-0.1, -0.05) is 0 Å². The van der Waals surface area contributed by atoms with Crippen LogP contribution in [-0.2, 0) is 0 Å². The molecule has 1 aromatic heterocycles. The molecule has 0 spiro atoms. The van der Waals surface area contributed by atoms with Crippen LogP contribution in [0, 0.1) is 10.1 Å². The number of carbonyl (C=O) groups excluding carboxylic acids is 1. The maximum Gasteiger partial charge on any atom is 0.286 e. The molecule has 1 rings (SSSR count). The molecule has 1 aromatic rings. The normalized spacial score (nSPS) is 10.4. The van der Waals surface area contributed by atoms with Crippen molar-refractivity contribution in [2.24, 2.45) is 0 Å². The molecule has 0 aliphatic heterocycles. The van der Waals surface area contributed by atoms with E-state index in [2.05, 4.69) is 10.3 Å². The van der Waals surface area contributed by atoms with Crippen molar-refractivity contribution in [3.8, 4) is 0 Å². The number of rotatable bonds is 5. The number of nitrogens with one attached hydrogen (secondary N) is 2. The van der Waals surface area contributed by atoms with Crippen LogP contribution in [0.3, 0.4) is 0 Å². The zero-order valence-corrected chi connectivity index (χ0v) is 9.12. The van der Waals surface area contributed by atoms with Gasteiger partial charge < -0.3 is 20.5 Å². The van der Waals surface area contributed by atoms with Crippen LogP contribution in [0.4, 0.5) is 5.69 Å². The predicted molar refractivity (Wildman–Crippen MR) is 59.1 cm³/mol. The number of aliphatic hydroxyl groups excluding tert-OH is 2. The lowest BCUT2D eigenvalue weighted by atomic mass is 10.2. The lowest BCUT2D eigenvalue weighted by molar-refractivity contribution is -0.385. The Kier molecular flexibility index (Phi) is 4.52. The molecule has 4 N–H and O–H groups in total. The third kappa shape index (κ3) is 3.12. The number of amides is 1. The Labute approximate surface area is 100 Å². The van der Waals surface area contributed by atoms with Crippen LogP contribution in [0.5, 0.6) is 0 Å². The first-order chi connectivity index (χ1) is 8.49. The van der Waals surface area contributed by atoms with E-state index in [1.165, 1.54) is 0 Å².